The van der Waals surface area contributed by atoms with Gasteiger partial charge in [-0.1, -0.05) is 51.3 Å². The molecule has 0 radical (unpaired) electrons. The quantitative estimate of drug-likeness (QED) is 0.417. The summed E-state index contributed by atoms with van der Waals surface area (Å²) in [6.07, 6.45) is 0. The summed E-state index contributed by atoms with van der Waals surface area (Å²) in [5.41, 5.74) is 6.91. The largest absolute Gasteiger partial charge is 0.396 e. The summed E-state index contributed by atoms with van der Waals surface area (Å²) in [7, 11) is 0. The Morgan fingerprint density at radius 1 is 0.920 bits per heavy atom. The Kier molecular flexibility index (Phi) is 3.76. The van der Waals surface area contributed by atoms with Gasteiger partial charge in [0.15, 0.2) is 0 Å². The molecular formula is C18H9BrCl2N2O2. The summed E-state index contributed by atoms with van der Waals surface area (Å²) >= 11 is 15.6. The van der Waals surface area contributed by atoms with E-state index in [4.69, 9.17) is 28.9 Å². The van der Waals surface area contributed by atoms with E-state index >= 15 is 0 Å². The number of imide groups is 1. The molecule has 1 aliphatic heterocycles. The number of carbonyl (C=O) groups is 2. The highest BCUT2D eigenvalue weighted by Gasteiger charge is 2.37. The van der Waals surface area contributed by atoms with Gasteiger partial charge < -0.3 is 5.73 Å². The van der Waals surface area contributed by atoms with Crippen molar-refractivity contribution in [1.29, 1.82) is 0 Å². The molecule has 1 heterocycles. The molecule has 0 saturated carbocycles. The minimum atomic E-state index is -0.422. The van der Waals surface area contributed by atoms with Crippen molar-refractivity contribution in [3.05, 3.63) is 68.1 Å². The lowest BCUT2D eigenvalue weighted by Crippen LogP contribution is -2.29. The number of carbonyl (C=O) groups excluding carboxylic acids is 2. The summed E-state index contributed by atoms with van der Waals surface area (Å²) in [6, 6.07) is 12.0. The van der Waals surface area contributed by atoms with E-state index < -0.39 is 11.8 Å². The molecule has 2 N–H and O–H groups in total. The van der Waals surface area contributed by atoms with Crippen LogP contribution in [0.5, 0.6) is 0 Å². The van der Waals surface area contributed by atoms with Gasteiger partial charge in [0, 0.05) is 4.47 Å². The van der Waals surface area contributed by atoms with E-state index in [1.807, 2.05) is 18.2 Å². The van der Waals surface area contributed by atoms with Crippen LogP contribution in [0.4, 0.5) is 11.4 Å². The Hall–Kier alpha value is -2.08. The fourth-order valence-corrected chi connectivity index (χ4v) is 3.88. The Morgan fingerprint density at radius 2 is 1.52 bits per heavy atom. The number of anilines is 2. The summed E-state index contributed by atoms with van der Waals surface area (Å²) in [5, 5.41) is 2.10. The molecule has 7 heteroatoms. The highest BCUT2D eigenvalue weighted by atomic mass is 79.9. The van der Waals surface area contributed by atoms with Crippen molar-refractivity contribution in [3.63, 3.8) is 0 Å². The van der Waals surface area contributed by atoms with Crippen LogP contribution in [0.2, 0.25) is 10.0 Å². The van der Waals surface area contributed by atoms with Gasteiger partial charge in [-0.25, -0.2) is 4.90 Å². The normalized spacial score (nSPS) is 13.6. The van der Waals surface area contributed by atoms with E-state index in [-0.39, 0.29) is 15.7 Å². The number of nitrogen functional groups attached to an aromatic ring is 1. The van der Waals surface area contributed by atoms with Crippen LogP contribution < -0.4 is 10.6 Å². The highest BCUT2D eigenvalue weighted by molar-refractivity contribution is 9.10. The molecule has 2 amide bonds. The van der Waals surface area contributed by atoms with Gasteiger partial charge in [-0.05, 0) is 41.1 Å². The third-order valence-corrected chi connectivity index (χ3v) is 5.47. The zero-order valence-electron chi connectivity index (χ0n) is 12.5. The van der Waals surface area contributed by atoms with Crippen LogP contribution in [0, 0.1) is 0 Å². The summed E-state index contributed by atoms with van der Waals surface area (Å²) in [6.45, 7) is 0. The van der Waals surface area contributed by atoms with Gasteiger partial charge in [0.25, 0.3) is 11.8 Å². The van der Waals surface area contributed by atoms with Crippen LogP contribution in [0.15, 0.2) is 46.9 Å². The van der Waals surface area contributed by atoms with Crippen LogP contribution in [0.25, 0.3) is 10.8 Å². The van der Waals surface area contributed by atoms with Crippen LogP contribution in [0.1, 0.15) is 20.7 Å². The van der Waals surface area contributed by atoms with Gasteiger partial charge in [-0.3, -0.25) is 9.59 Å². The predicted molar refractivity (Wildman–Crippen MR) is 104 cm³/mol. The van der Waals surface area contributed by atoms with Crippen LogP contribution >= 0.6 is 39.1 Å². The van der Waals surface area contributed by atoms with Crippen molar-refractivity contribution < 1.29 is 9.59 Å². The summed E-state index contributed by atoms with van der Waals surface area (Å²) in [5.74, 6) is -0.840. The fourth-order valence-electron chi connectivity index (χ4n) is 2.91. The molecule has 0 spiro atoms. The highest BCUT2D eigenvalue weighted by Crippen LogP contribution is 2.38. The smallest absolute Gasteiger partial charge is 0.266 e. The van der Waals surface area contributed by atoms with Gasteiger partial charge in [0.2, 0.25) is 0 Å². The second-order valence-corrected chi connectivity index (χ2v) is 7.30. The Balaban J connectivity index is 1.91. The number of hydrogen-bond acceptors (Lipinski definition) is 3. The molecule has 0 aromatic heterocycles. The lowest BCUT2D eigenvalue weighted by molar-refractivity contribution is 0.0926. The summed E-state index contributed by atoms with van der Waals surface area (Å²) in [4.78, 5) is 26.7. The Bertz CT molecular complexity index is 1070. The lowest BCUT2D eigenvalue weighted by atomic mass is 10.0. The number of fused-ring (bicyclic) bond motifs is 2. The molecule has 4 nitrogen and oxygen atoms in total. The zero-order chi connectivity index (χ0) is 17.9. The molecule has 25 heavy (non-hydrogen) atoms. The molecule has 3 aromatic rings. The molecule has 0 aliphatic carbocycles. The average molecular weight is 436 g/mol. The number of rotatable bonds is 1. The number of halogens is 3. The maximum absolute atomic E-state index is 12.8. The average Bonchev–Trinajstić information content (AvgIpc) is 2.82. The number of nitrogens with two attached hydrogens (primary N) is 1. The van der Waals surface area contributed by atoms with Crippen molar-refractivity contribution >= 4 is 73.1 Å². The standard InChI is InChI=1S/C18H9BrCl2N2O2/c19-13-3-1-2-8-4-11-12(7-10(8)13)18(25)23(17(11)24)9-5-14(20)16(22)15(21)6-9/h1-7H,22H2. The van der Waals surface area contributed by atoms with Crippen LogP contribution in [-0.2, 0) is 0 Å². The van der Waals surface area contributed by atoms with Crippen molar-refractivity contribution in [2.75, 3.05) is 10.6 Å². The molecule has 4 rings (SSSR count). The predicted octanol–water partition coefficient (Wildman–Crippen LogP) is 5.29. The number of nitrogens with zero attached hydrogens (tertiary/aromatic N) is 1. The van der Waals surface area contributed by atoms with E-state index in [1.54, 1.807) is 12.1 Å². The van der Waals surface area contributed by atoms with E-state index in [0.717, 1.165) is 20.1 Å². The third kappa shape index (κ3) is 2.42. The molecule has 0 saturated heterocycles. The van der Waals surface area contributed by atoms with Gasteiger partial charge in [0.05, 0.1) is 32.5 Å². The second kappa shape index (κ2) is 5.73. The number of hydrogen-bond donors (Lipinski definition) is 1. The fraction of sp³-hybridized carbons (Fsp3) is 0. The van der Waals surface area contributed by atoms with Crippen molar-refractivity contribution in [2.45, 2.75) is 0 Å². The van der Waals surface area contributed by atoms with E-state index in [1.165, 1.54) is 12.1 Å². The molecule has 0 atom stereocenters. The molecule has 124 valence electrons. The van der Waals surface area contributed by atoms with Crippen LogP contribution in [0.3, 0.4) is 0 Å². The van der Waals surface area contributed by atoms with Crippen molar-refractivity contribution in [2.24, 2.45) is 0 Å². The topological polar surface area (TPSA) is 63.4 Å². The molecule has 3 aromatic carbocycles. The zero-order valence-corrected chi connectivity index (χ0v) is 15.6. The maximum atomic E-state index is 12.8. The first-order chi connectivity index (χ1) is 11.9. The number of benzene rings is 3. The van der Waals surface area contributed by atoms with Gasteiger partial charge in [0.1, 0.15) is 0 Å². The van der Waals surface area contributed by atoms with Crippen molar-refractivity contribution in [1.82, 2.24) is 0 Å². The number of amides is 2. The van der Waals surface area contributed by atoms with Gasteiger partial charge in [-0.2, -0.15) is 0 Å². The molecule has 0 bridgehead atoms. The molecular weight excluding hydrogens is 427 g/mol. The monoisotopic (exact) mass is 434 g/mol. The lowest BCUT2D eigenvalue weighted by Gasteiger charge is -2.15. The Labute approximate surface area is 161 Å². The van der Waals surface area contributed by atoms with Crippen LogP contribution in [-0.4, -0.2) is 11.8 Å². The van der Waals surface area contributed by atoms with E-state index in [2.05, 4.69) is 15.9 Å². The maximum Gasteiger partial charge on any atom is 0.266 e. The third-order valence-electron chi connectivity index (χ3n) is 4.15. The van der Waals surface area contributed by atoms with Gasteiger partial charge in [-0.15, -0.1) is 0 Å². The molecule has 0 fully saturated rings. The first-order valence-corrected chi connectivity index (χ1v) is 8.79. The van der Waals surface area contributed by atoms with Crippen molar-refractivity contribution in [3.8, 4) is 0 Å². The van der Waals surface area contributed by atoms with E-state index in [0.29, 0.717) is 16.8 Å². The minimum absolute atomic E-state index is 0.187. The molecule has 0 unspecified atom stereocenters. The molecule has 1 aliphatic rings. The second-order valence-electron chi connectivity index (χ2n) is 5.63. The first kappa shape index (κ1) is 16.4. The van der Waals surface area contributed by atoms with Gasteiger partial charge >= 0.3 is 0 Å². The SMILES string of the molecule is Nc1c(Cl)cc(N2C(=O)c3cc4cccc(Br)c4cc3C2=O)cc1Cl. The summed E-state index contributed by atoms with van der Waals surface area (Å²) < 4.78 is 0.852. The first-order valence-electron chi connectivity index (χ1n) is 7.24. The van der Waals surface area contributed by atoms with E-state index in [9.17, 15) is 9.59 Å². The minimum Gasteiger partial charge on any atom is -0.396 e. The Morgan fingerprint density at radius 3 is 2.16 bits per heavy atom.